The lowest BCUT2D eigenvalue weighted by Gasteiger charge is -2.19. The van der Waals surface area contributed by atoms with Crippen LogP contribution in [-0.4, -0.2) is 20.4 Å². The highest BCUT2D eigenvalue weighted by atomic mass is 35.5. The van der Waals surface area contributed by atoms with E-state index < -0.39 is 6.04 Å². The number of hydrogen-bond donors (Lipinski definition) is 1. The maximum absolute atomic E-state index is 13.1. The fourth-order valence-electron chi connectivity index (χ4n) is 2.92. The lowest BCUT2D eigenvalue weighted by atomic mass is 10.1. The first-order chi connectivity index (χ1) is 13.5. The molecule has 0 aliphatic rings. The van der Waals surface area contributed by atoms with Gasteiger partial charge in [0.1, 0.15) is 21.8 Å². The molecule has 0 saturated carbocycles. The van der Waals surface area contributed by atoms with Crippen LogP contribution in [0.15, 0.2) is 53.5 Å². The standard InChI is InChI=1S/C20H17ClN4OS2/c1-12-17(28-20(23-12)14-7-10-27-11-14)19(26)24-16(18-22-8-9-25(18)2)13-3-5-15(21)6-4-13/h3-11,16H,1-2H3,(H,24,26). The zero-order valence-corrected chi connectivity index (χ0v) is 17.6. The molecule has 0 radical (unpaired) electrons. The fourth-order valence-corrected chi connectivity index (χ4v) is 4.73. The minimum atomic E-state index is -0.393. The van der Waals surface area contributed by atoms with E-state index in [4.69, 9.17) is 11.6 Å². The first kappa shape index (κ1) is 18.9. The predicted octanol–water partition coefficient (Wildman–Crippen LogP) is 5.09. The van der Waals surface area contributed by atoms with E-state index in [0.717, 1.165) is 27.7 Å². The van der Waals surface area contributed by atoms with Gasteiger partial charge in [-0.05, 0) is 36.1 Å². The van der Waals surface area contributed by atoms with Crippen LogP contribution in [0, 0.1) is 6.92 Å². The number of thiophene rings is 1. The second-order valence-electron chi connectivity index (χ2n) is 6.30. The van der Waals surface area contributed by atoms with E-state index in [-0.39, 0.29) is 5.91 Å². The average Bonchev–Trinajstić information content (AvgIpc) is 3.41. The Hall–Kier alpha value is -2.48. The molecule has 1 amide bonds. The summed E-state index contributed by atoms with van der Waals surface area (Å²) in [5.41, 5.74) is 2.67. The smallest absolute Gasteiger partial charge is 0.264 e. The molecule has 4 rings (SSSR count). The molecule has 5 nitrogen and oxygen atoms in total. The van der Waals surface area contributed by atoms with E-state index in [1.54, 1.807) is 17.5 Å². The summed E-state index contributed by atoms with van der Waals surface area (Å²) in [5, 5.41) is 8.65. The van der Waals surface area contributed by atoms with Gasteiger partial charge in [-0.1, -0.05) is 23.7 Å². The van der Waals surface area contributed by atoms with Crippen LogP contribution in [0.25, 0.3) is 10.6 Å². The molecule has 1 atom stereocenters. The number of benzene rings is 1. The van der Waals surface area contributed by atoms with Crippen molar-refractivity contribution in [3.63, 3.8) is 0 Å². The summed E-state index contributed by atoms with van der Waals surface area (Å²) in [6.45, 7) is 1.86. The third-order valence-electron chi connectivity index (χ3n) is 4.37. The van der Waals surface area contributed by atoms with Crippen molar-refractivity contribution in [3.8, 4) is 10.6 Å². The molecule has 4 aromatic rings. The van der Waals surface area contributed by atoms with Crippen LogP contribution in [0.3, 0.4) is 0 Å². The summed E-state index contributed by atoms with van der Waals surface area (Å²) >= 11 is 9.05. The van der Waals surface area contributed by atoms with Crippen molar-refractivity contribution in [1.82, 2.24) is 19.9 Å². The van der Waals surface area contributed by atoms with Crippen LogP contribution in [0.1, 0.15) is 32.8 Å². The number of amides is 1. The highest BCUT2D eigenvalue weighted by Crippen LogP contribution is 2.30. The van der Waals surface area contributed by atoms with Crippen LogP contribution in [-0.2, 0) is 7.05 Å². The summed E-state index contributed by atoms with van der Waals surface area (Å²) < 4.78 is 1.90. The summed E-state index contributed by atoms with van der Waals surface area (Å²) in [6.07, 6.45) is 3.58. The maximum atomic E-state index is 13.1. The summed E-state index contributed by atoms with van der Waals surface area (Å²) in [4.78, 5) is 22.7. The van der Waals surface area contributed by atoms with Crippen molar-refractivity contribution in [2.24, 2.45) is 7.05 Å². The highest BCUT2D eigenvalue weighted by molar-refractivity contribution is 7.17. The molecule has 1 unspecified atom stereocenters. The van der Waals surface area contributed by atoms with Gasteiger partial charge in [-0.25, -0.2) is 9.97 Å². The number of thiazole rings is 1. The molecule has 3 heterocycles. The summed E-state index contributed by atoms with van der Waals surface area (Å²) in [6, 6.07) is 9.04. The quantitative estimate of drug-likeness (QED) is 0.481. The molecule has 0 fully saturated rings. The molecule has 3 aromatic heterocycles. The van der Waals surface area contributed by atoms with Gasteiger partial charge in [0, 0.05) is 35.4 Å². The predicted molar refractivity (Wildman–Crippen MR) is 114 cm³/mol. The Morgan fingerprint density at radius 3 is 2.68 bits per heavy atom. The molecule has 0 aliphatic heterocycles. The minimum absolute atomic E-state index is 0.167. The average molecular weight is 429 g/mol. The maximum Gasteiger partial charge on any atom is 0.264 e. The Morgan fingerprint density at radius 2 is 2.04 bits per heavy atom. The Morgan fingerprint density at radius 1 is 1.25 bits per heavy atom. The van der Waals surface area contributed by atoms with Crippen LogP contribution < -0.4 is 5.32 Å². The number of hydrogen-bond acceptors (Lipinski definition) is 5. The molecule has 0 aliphatic carbocycles. The number of nitrogens with one attached hydrogen (secondary N) is 1. The number of carbonyl (C=O) groups excluding carboxylic acids is 1. The molecule has 1 aromatic carbocycles. The zero-order chi connectivity index (χ0) is 19.7. The van der Waals surface area contributed by atoms with E-state index in [1.807, 2.05) is 65.8 Å². The van der Waals surface area contributed by atoms with Crippen molar-refractivity contribution in [1.29, 1.82) is 0 Å². The molecule has 142 valence electrons. The van der Waals surface area contributed by atoms with Gasteiger partial charge in [0.25, 0.3) is 5.91 Å². The molecular weight excluding hydrogens is 412 g/mol. The van der Waals surface area contributed by atoms with Crippen molar-refractivity contribution in [2.45, 2.75) is 13.0 Å². The van der Waals surface area contributed by atoms with E-state index in [1.165, 1.54) is 11.3 Å². The first-order valence-corrected chi connectivity index (χ1v) is 10.7. The van der Waals surface area contributed by atoms with Gasteiger partial charge < -0.3 is 9.88 Å². The summed E-state index contributed by atoms with van der Waals surface area (Å²) in [7, 11) is 1.91. The van der Waals surface area contributed by atoms with Crippen molar-refractivity contribution >= 4 is 40.2 Å². The van der Waals surface area contributed by atoms with E-state index in [2.05, 4.69) is 15.3 Å². The normalized spacial score (nSPS) is 12.1. The van der Waals surface area contributed by atoms with Gasteiger partial charge in [0.15, 0.2) is 0 Å². The van der Waals surface area contributed by atoms with Crippen LogP contribution in [0.2, 0.25) is 5.02 Å². The third kappa shape index (κ3) is 3.73. The number of imidazole rings is 1. The number of rotatable bonds is 5. The van der Waals surface area contributed by atoms with Crippen molar-refractivity contribution in [3.05, 3.63) is 80.5 Å². The van der Waals surface area contributed by atoms with Crippen LogP contribution in [0.4, 0.5) is 0 Å². The Kier molecular flexibility index (Phi) is 5.30. The lowest BCUT2D eigenvalue weighted by molar-refractivity contribution is 0.0944. The Labute approximate surface area is 175 Å². The Bertz CT molecular complexity index is 1100. The Balaban J connectivity index is 1.66. The van der Waals surface area contributed by atoms with Crippen molar-refractivity contribution < 1.29 is 4.79 Å². The first-order valence-electron chi connectivity index (χ1n) is 8.56. The molecule has 0 saturated heterocycles. The van der Waals surface area contributed by atoms with Gasteiger partial charge in [-0.3, -0.25) is 4.79 Å². The highest BCUT2D eigenvalue weighted by Gasteiger charge is 2.24. The number of halogens is 1. The third-order valence-corrected chi connectivity index (χ3v) is 6.51. The molecule has 28 heavy (non-hydrogen) atoms. The number of aromatic nitrogens is 3. The lowest BCUT2D eigenvalue weighted by Crippen LogP contribution is -2.31. The second kappa shape index (κ2) is 7.87. The molecule has 8 heteroatoms. The molecule has 1 N–H and O–H groups in total. The molecule has 0 bridgehead atoms. The van der Waals surface area contributed by atoms with Gasteiger partial charge in [0.05, 0.1) is 5.69 Å². The van der Waals surface area contributed by atoms with E-state index in [0.29, 0.717) is 9.90 Å². The molecular formula is C20H17ClN4OS2. The van der Waals surface area contributed by atoms with E-state index >= 15 is 0 Å². The zero-order valence-electron chi connectivity index (χ0n) is 15.2. The number of carbonyl (C=O) groups is 1. The van der Waals surface area contributed by atoms with Gasteiger partial charge in [-0.15, -0.1) is 11.3 Å². The number of nitrogens with zero attached hydrogens (tertiary/aromatic N) is 3. The minimum Gasteiger partial charge on any atom is -0.337 e. The monoisotopic (exact) mass is 428 g/mol. The fraction of sp³-hybridized carbons (Fsp3) is 0.150. The molecule has 0 spiro atoms. The van der Waals surface area contributed by atoms with Crippen LogP contribution in [0.5, 0.6) is 0 Å². The summed E-state index contributed by atoms with van der Waals surface area (Å²) in [5.74, 6) is 0.579. The number of aryl methyl sites for hydroxylation is 2. The topological polar surface area (TPSA) is 59.8 Å². The SMILES string of the molecule is Cc1nc(-c2ccsc2)sc1C(=O)NC(c1ccc(Cl)cc1)c1nccn1C. The van der Waals surface area contributed by atoms with Gasteiger partial charge in [-0.2, -0.15) is 11.3 Å². The largest absolute Gasteiger partial charge is 0.337 e. The van der Waals surface area contributed by atoms with E-state index in [9.17, 15) is 4.79 Å². The van der Waals surface area contributed by atoms with Crippen molar-refractivity contribution in [2.75, 3.05) is 0 Å². The van der Waals surface area contributed by atoms with Gasteiger partial charge in [0.2, 0.25) is 0 Å². The van der Waals surface area contributed by atoms with Gasteiger partial charge >= 0.3 is 0 Å². The van der Waals surface area contributed by atoms with Crippen LogP contribution >= 0.6 is 34.3 Å². The second-order valence-corrected chi connectivity index (χ2v) is 8.52.